The number of fused-ring (bicyclic) bond motifs is 6. The highest BCUT2D eigenvalue weighted by Crippen LogP contribution is 2.44. The van der Waals surface area contributed by atoms with Crippen LogP contribution in [0.25, 0.3) is 52.3 Å². The van der Waals surface area contributed by atoms with Gasteiger partial charge in [-0.15, -0.1) is 22.7 Å². The van der Waals surface area contributed by atoms with Crippen molar-refractivity contribution in [1.29, 1.82) is 0 Å². The molecule has 6 aromatic rings. The average molecular weight is 424 g/mol. The van der Waals surface area contributed by atoms with Gasteiger partial charge in [-0.05, 0) is 57.5 Å². The summed E-state index contributed by atoms with van der Waals surface area (Å²) in [5, 5.41) is 8.79. The van der Waals surface area contributed by atoms with Crippen LogP contribution >= 0.6 is 22.7 Å². The molecule has 0 aliphatic carbocycles. The predicted octanol–water partition coefficient (Wildman–Crippen LogP) is 8.78. The van der Waals surface area contributed by atoms with Crippen LogP contribution in [-0.2, 0) is 5.41 Å². The molecule has 6 rings (SSSR count). The van der Waals surface area contributed by atoms with E-state index >= 15 is 0 Å². The van der Waals surface area contributed by atoms with E-state index in [2.05, 4.69) is 86.8 Å². The van der Waals surface area contributed by atoms with Gasteiger partial charge in [0.15, 0.2) is 0 Å². The van der Waals surface area contributed by atoms with Crippen molar-refractivity contribution in [2.24, 2.45) is 0 Å². The Labute approximate surface area is 183 Å². The van der Waals surface area contributed by atoms with Crippen LogP contribution in [0.4, 0.5) is 0 Å². The molecule has 3 aromatic carbocycles. The van der Waals surface area contributed by atoms with Crippen LogP contribution in [0.2, 0.25) is 0 Å². The van der Waals surface area contributed by atoms with Gasteiger partial charge >= 0.3 is 0 Å². The van der Waals surface area contributed by atoms with E-state index in [0.29, 0.717) is 0 Å². The fourth-order valence-electron chi connectivity index (χ4n) is 4.48. The molecule has 146 valence electrons. The minimum absolute atomic E-state index is 0.0620. The van der Waals surface area contributed by atoms with Crippen LogP contribution in [0.5, 0.6) is 0 Å². The lowest BCUT2D eigenvalue weighted by Crippen LogP contribution is -2.12. The maximum atomic E-state index is 4.88. The van der Waals surface area contributed by atoms with Crippen molar-refractivity contribution in [3.05, 3.63) is 77.8 Å². The Bertz CT molecular complexity index is 1580. The molecule has 3 heteroatoms. The summed E-state index contributed by atoms with van der Waals surface area (Å²) in [5.74, 6) is 0. The Hall–Kier alpha value is -2.75. The first-order valence-corrected chi connectivity index (χ1v) is 11.9. The number of aromatic nitrogens is 1. The van der Waals surface area contributed by atoms with E-state index < -0.39 is 0 Å². The fraction of sp³-hybridized carbons (Fsp3) is 0.148. The Balaban J connectivity index is 1.71. The third-order valence-electron chi connectivity index (χ3n) is 5.93. The quantitative estimate of drug-likeness (QED) is 0.257. The number of rotatable bonds is 1. The summed E-state index contributed by atoms with van der Waals surface area (Å²) in [6.07, 6.45) is 1.97. The summed E-state index contributed by atoms with van der Waals surface area (Å²) < 4.78 is 4.00. The molecule has 0 unspecified atom stereocenters. The molecule has 0 amide bonds. The molecule has 1 nitrogen and oxygen atoms in total. The van der Waals surface area contributed by atoms with Crippen LogP contribution in [0.3, 0.4) is 0 Å². The zero-order valence-electron chi connectivity index (χ0n) is 17.2. The second-order valence-corrected chi connectivity index (χ2v) is 10.9. The van der Waals surface area contributed by atoms with Gasteiger partial charge < -0.3 is 0 Å². The van der Waals surface area contributed by atoms with Gasteiger partial charge in [-0.25, -0.2) is 0 Å². The lowest BCUT2D eigenvalue weighted by molar-refractivity contribution is 0.596. The lowest BCUT2D eigenvalue weighted by atomic mass is 9.82. The number of nitrogens with zero attached hydrogens (tertiary/aromatic N) is 1. The molecule has 0 atom stereocenters. The van der Waals surface area contributed by atoms with Crippen LogP contribution in [0.15, 0.2) is 72.2 Å². The van der Waals surface area contributed by atoms with E-state index in [1.807, 2.05) is 28.9 Å². The van der Waals surface area contributed by atoms with Crippen molar-refractivity contribution in [2.45, 2.75) is 26.2 Å². The van der Waals surface area contributed by atoms with Crippen molar-refractivity contribution < 1.29 is 0 Å². The van der Waals surface area contributed by atoms with Gasteiger partial charge in [-0.1, -0.05) is 51.1 Å². The Morgan fingerprint density at radius 3 is 2.47 bits per heavy atom. The van der Waals surface area contributed by atoms with Crippen LogP contribution in [-0.4, -0.2) is 4.98 Å². The number of benzene rings is 3. The average Bonchev–Trinajstić information content (AvgIpc) is 3.36. The molecule has 0 saturated heterocycles. The monoisotopic (exact) mass is 423 g/mol. The number of hydrogen-bond acceptors (Lipinski definition) is 3. The summed E-state index contributed by atoms with van der Waals surface area (Å²) in [7, 11) is 0. The maximum absolute atomic E-state index is 4.88. The molecule has 3 heterocycles. The van der Waals surface area contributed by atoms with Gasteiger partial charge in [-0.2, -0.15) is 0 Å². The first kappa shape index (κ1) is 18.1. The summed E-state index contributed by atoms with van der Waals surface area (Å²) in [5.41, 5.74) is 3.73. The van der Waals surface area contributed by atoms with E-state index in [1.54, 1.807) is 0 Å². The largest absolute Gasteiger partial charge is 0.255 e. The zero-order valence-corrected chi connectivity index (χ0v) is 18.8. The number of pyridine rings is 1. The van der Waals surface area contributed by atoms with Crippen molar-refractivity contribution in [3.63, 3.8) is 0 Å². The van der Waals surface area contributed by atoms with Gasteiger partial charge in [0.05, 0.1) is 10.4 Å². The lowest BCUT2D eigenvalue weighted by Gasteiger charge is -2.22. The van der Waals surface area contributed by atoms with Gasteiger partial charge in [0.25, 0.3) is 0 Å². The second-order valence-electron chi connectivity index (χ2n) is 8.91. The van der Waals surface area contributed by atoms with E-state index in [4.69, 9.17) is 4.98 Å². The Morgan fingerprint density at radius 1 is 0.767 bits per heavy atom. The van der Waals surface area contributed by atoms with Crippen molar-refractivity contribution >= 4 is 63.7 Å². The predicted molar refractivity (Wildman–Crippen MR) is 134 cm³/mol. The minimum atomic E-state index is 0.0620. The number of thiophene rings is 2. The Morgan fingerprint density at radius 2 is 1.60 bits per heavy atom. The molecule has 0 bridgehead atoms. The first-order valence-electron chi connectivity index (χ1n) is 10.2. The third kappa shape index (κ3) is 2.62. The molecule has 30 heavy (non-hydrogen) atoms. The number of hydrogen-bond donors (Lipinski definition) is 0. The van der Waals surface area contributed by atoms with Crippen molar-refractivity contribution in [2.75, 3.05) is 0 Å². The van der Waals surface area contributed by atoms with E-state index in [1.165, 1.54) is 52.2 Å². The van der Waals surface area contributed by atoms with Crippen LogP contribution in [0.1, 0.15) is 26.3 Å². The zero-order chi connectivity index (χ0) is 20.5. The molecule has 3 aromatic heterocycles. The normalized spacial score (nSPS) is 12.5. The summed E-state index contributed by atoms with van der Waals surface area (Å²) in [4.78, 5) is 4.88. The summed E-state index contributed by atoms with van der Waals surface area (Å²) in [6, 6.07) is 22.3. The topological polar surface area (TPSA) is 12.9 Å². The SMILES string of the molecule is CC(C)(C)c1cc(-c2nccc3c2sc2c4ccsc4ccc32)cc2ccccc12. The molecule has 0 fully saturated rings. The molecule has 0 aliphatic heterocycles. The minimum Gasteiger partial charge on any atom is -0.255 e. The first-order chi connectivity index (χ1) is 14.5. The molecule has 0 radical (unpaired) electrons. The Kier molecular flexibility index (Phi) is 3.83. The van der Waals surface area contributed by atoms with Gasteiger partial charge in [0.1, 0.15) is 0 Å². The molecule has 0 N–H and O–H groups in total. The second kappa shape index (κ2) is 6.37. The highest BCUT2D eigenvalue weighted by Gasteiger charge is 2.20. The standard InChI is InChI=1S/C27H21NS2/c1-27(2,3)22-15-17(14-16-6-4-5-7-18(16)22)24-26-20(10-12-28-24)19-8-9-23-21(11-13-29-23)25(19)30-26/h4-15H,1-3H3. The van der Waals surface area contributed by atoms with Gasteiger partial charge in [-0.3, -0.25) is 4.98 Å². The van der Waals surface area contributed by atoms with Crippen LogP contribution in [0, 0.1) is 0 Å². The van der Waals surface area contributed by atoms with E-state index in [0.717, 1.165) is 5.69 Å². The molecule has 0 spiro atoms. The smallest absolute Gasteiger partial charge is 0.0880 e. The van der Waals surface area contributed by atoms with E-state index in [9.17, 15) is 0 Å². The van der Waals surface area contributed by atoms with Crippen molar-refractivity contribution in [3.8, 4) is 11.3 Å². The van der Waals surface area contributed by atoms with Gasteiger partial charge in [0, 0.05) is 37.3 Å². The summed E-state index contributed by atoms with van der Waals surface area (Å²) in [6.45, 7) is 6.87. The summed E-state index contributed by atoms with van der Waals surface area (Å²) >= 11 is 3.69. The fourth-order valence-corrected chi connectivity index (χ4v) is 6.67. The molecule has 0 aliphatic rings. The molecular weight excluding hydrogens is 402 g/mol. The third-order valence-corrected chi connectivity index (χ3v) is 8.07. The molecular formula is C27H21NS2. The highest BCUT2D eigenvalue weighted by molar-refractivity contribution is 7.28. The highest BCUT2D eigenvalue weighted by atomic mass is 32.1. The van der Waals surface area contributed by atoms with Crippen LogP contribution < -0.4 is 0 Å². The maximum Gasteiger partial charge on any atom is 0.0880 e. The van der Waals surface area contributed by atoms with Gasteiger partial charge in [0.2, 0.25) is 0 Å². The van der Waals surface area contributed by atoms with Crippen molar-refractivity contribution in [1.82, 2.24) is 4.98 Å². The van der Waals surface area contributed by atoms with E-state index in [-0.39, 0.29) is 5.41 Å². The molecule has 0 saturated carbocycles.